The highest BCUT2D eigenvalue weighted by atomic mass is 16.5. The molecule has 0 saturated heterocycles. The summed E-state index contributed by atoms with van der Waals surface area (Å²) in [5, 5.41) is 14.8. The Balaban J connectivity index is 4.89. The van der Waals surface area contributed by atoms with Gasteiger partial charge in [-0.15, -0.1) is 0 Å². The van der Waals surface area contributed by atoms with Gasteiger partial charge in [0.15, 0.2) is 0 Å². The van der Waals surface area contributed by atoms with Crippen LogP contribution in [0.1, 0.15) is 188 Å². The average Bonchev–Trinajstić information content (AvgIpc) is 3.16. The van der Waals surface area contributed by atoms with Crippen molar-refractivity contribution in [2.24, 2.45) is 0 Å². The zero-order valence-corrected chi connectivity index (χ0v) is 35.7. The molecule has 55 heavy (non-hydrogen) atoms. The normalized spacial score (nSPS) is 11.3. The zero-order valence-electron chi connectivity index (χ0n) is 35.7. The number of nitrogens with one attached hydrogen (secondary N) is 5. The summed E-state index contributed by atoms with van der Waals surface area (Å²) >= 11 is 0. The molecule has 0 aliphatic heterocycles. The Bertz CT molecular complexity index is 929. The predicted octanol–water partition coefficient (Wildman–Crippen LogP) is 7.17. The van der Waals surface area contributed by atoms with Gasteiger partial charge in [0.05, 0.1) is 32.0 Å². The van der Waals surface area contributed by atoms with Crippen LogP contribution in [0.15, 0.2) is 0 Å². The fraction of sp³-hybridized carbons (Fsp3) is 0.884. The molecule has 12 nitrogen and oxygen atoms in total. The quantitative estimate of drug-likeness (QED) is 0.0412. The summed E-state index contributed by atoms with van der Waals surface area (Å²) in [5.74, 6) is -0.173. The second-order valence-corrected chi connectivity index (χ2v) is 15.1. The van der Waals surface area contributed by atoms with Crippen LogP contribution in [0.5, 0.6) is 0 Å². The summed E-state index contributed by atoms with van der Waals surface area (Å²) in [5.41, 5.74) is -0.774. The van der Waals surface area contributed by atoms with E-state index >= 15 is 0 Å². The van der Waals surface area contributed by atoms with Crippen LogP contribution >= 0.6 is 0 Å². The molecule has 0 heterocycles. The second kappa shape index (κ2) is 38.2. The van der Waals surface area contributed by atoms with Gasteiger partial charge < -0.3 is 36.1 Å². The van der Waals surface area contributed by atoms with E-state index in [-0.39, 0.29) is 68.8 Å². The molecular weight excluding hydrogens is 699 g/mol. The third-order valence-corrected chi connectivity index (χ3v) is 9.64. The maximum Gasteiger partial charge on any atom is 0.222 e. The summed E-state index contributed by atoms with van der Waals surface area (Å²) in [6, 6.07) is 0. The van der Waals surface area contributed by atoms with Crippen molar-refractivity contribution in [3.63, 3.8) is 0 Å². The van der Waals surface area contributed by atoms with Gasteiger partial charge in [-0.05, 0) is 38.5 Å². The van der Waals surface area contributed by atoms with Crippen molar-refractivity contribution >= 4 is 29.5 Å². The molecule has 5 N–H and O–H groups in total. The highest BCUT2D eigenvalue weighted by Crippen LogP contribution is 2.19. The SMILES string of the molecule is CCCCCCCCCCCC(=O)NC(CCCC)(COCCC(=O)NCCCNC(=O)CCCCC)COCCC(=O)NCCCNC(=O)CCCCC. The van der Waals surface area contributed by atoms with E-state index in [1.165, 1.54) is 38.5 Å². The lowest BCUT2D eigenvalue weighted by Gasteiger charge is -2.35. The van der Waals surface area contributed by atoms with Crippen LogP contribution < -0.4 is 26.6 Å². The smallest absolute Gasteiger partial charge is 0.222 e. The van der Waals surface area contributed by atoms with Gasteiger partial charge in [-0.2, -0.15) is 0 Å². The molecule has 0 saturated carbocycles. The Morgan fingerprint density at radius 1 is 0.382 bits per heavy atom. The lowest BCUT2D eigenvalue weighted by Crippen LogP contribution is -2.55. The standard InChI is InChI=1S/C43H83N5O7/c1-5-9-13-14-15-16-17-18-21-26-42(53)48-43(29-12-8-4,36-54-34-27-40(51)46-32-22-30-44-38(49)24-19-10-6-2)37-55-35-28-41(52)47-33-23-31-45-39(50)25-20-11-7-3/h5-37H2,1-4H3,(H,44,49)(H,45,50)(H,46,51)(H,47,52)(H,48,53). The molecule has 0 aromatic rings. The third-order valence-electron chi connectivity index (χ3n) is 9.64. The topological polar surface area (TPSA) is 164 Å². The number of carbonyl (C=O) groups is 5. The van der Waals surface area contributed by atoms with Crippen molar-refractivity contribution < 1.29 is 33.4 Å². The molecule has 0 atom stereocenters. The maximum atomic E-state index is 13.3. The van der Waals surface area contributed by atoms with E-state index in [1.807, 2.05) is 0 Å². The van der Waals surface area contributed by atoms with Crippen LogP contribution in [-0.4, -0.2) is 87.7 Å². The van der Waals surface area contributed by atoms with Gasteiger partial charge >= 0.3 is 0 Å². The Hall–Kier alpha value is -2.73. The molecule has 0 rings (SSSR count). The van der Waals surface area contributed by atoms with Gasteiger partial charge in [0.25, 0.3) is 0 Å². The first-order valence-electron chi connectivity index (χ1n) is 22.2. The van der Waals surface area contributed by atoms with Crippen LogP contribution in [0.2, 0.25) is 0 Å². The molecule has 5 amide bonds. The molecule has 0 aromatic carbocycles. The lowest BCUT2D eigenvalue weighted by molar-refractivity contribution is -0.128. The molecule has 12 heteroatoms. The Labute approximate surface area is 335 Å². The number of hydrogen-bond donors (Lipinski definition) is 5. The average molecular weight is 782 g/mol. The van der Waals surface area contributed by atoms with Crippen molar-refractivity contribution in [2.75, 3.05) is 52.6 Å². The van der Waals surface area contributed by atoms with E-state index in [0.717, 1.165) is 70.6 Å². The van der Waals surface area contributed by atoms with Gasteiger partial charge in [-0.1, -0.05) is 118 Å². The van der Waals surface area contributed by atoms with E-state index in [4.69, 9.17) is 9.47 Å². The minimum atomic E-state index is -0.774. The minimum Gasteiger partial charge on any atom is -0.378 e. The first kappa shape index (κ1) is 52.3. The molecule has 0 bridgehead atoms. The molecule has 0 spiro atoms. The Kier molecular flexibility index (Phi) is 36.3. The van der Waals surface area contributed by atoms with Crippen LogP contribution in [0.25, 0.3) is 0 Å². The fourth-order valence-corrected chi connectivity index (χ4v) is 6.17. The molecule has 0 aliphatic rings. The number of hydrogen-bond acceptors (Lipinski definition) is 7. The number of ether oxygens (including phenoxy) is 2. The van der Waals surface area contributed by atoms with Gasteiger partial charge in [-0.25, -0.2) is 0 Å². The van der Waals surface area contributed by atoms with Crippen LogP contribution in [0, 0.1) is 0 Å². The summed E-state index contributed by atoms with van der Waals surface area (Å²) in [4.78, 5) is 62.0. The molecule has 0 fully saturated rings. The van der Waals surface area contributed by atoms with Gasteiger partial charge in [-0.3, -0.25) is 24.0 Å². The predicted molar refractivity (Wildman–Crippen MR) is 223 cm³/mol. The number of amides is 5. The second-order valence-electron chi connectivity index (χ2n) is 15.1. The molecule has 0 aromatic heterocycles. The highest BCUT2D eigenvalue weighted by molar-refractivity contribution is 5.77. The van der Waals surface area contributed by atoms with Crippen LogP contribution in [-0.2, 0) is 33.4 Å². The van der Waals surface area contributed by atoms with Crippen LogP contribution in [0.3, 0.4) is 0 Å². The van der Waals surface area contributed by atoms with Crippen LogP contribution in [0.4, 0.5) is 0 Å². The van der Waals surface area contributed by atoms with Crippen molar-refractivity contribution in [2.45, 2.75) is 194 Å². The first-order valence-corrected chi connectivity index (χ1v) is 22.2. The lowest BCUT2D eigenvalue weighted by atomic mass is 9.93. The molecule has 0 aliphatic carbocycles. The molecule has 0 unspecified atom stereocenters. The zero-order chi connectivity index (χ0) is 40.7. The number of rotatable bonds is 40. The summed E-state index contributed by atoms with van der Waals surface area (Å²) in [6.07, 6.45) is 22.3. The Morgan fingerprint density at radius 3 is 1.13 bits per heavy atom. The Morgan fingerprint density at radius 2 is 0.709 bits per heavy atom. The fourth-order valence-electron chi connectivity index (χ4n) is 6.17. The number of unbranched alkanes of at least 4 members (excludes halogenated alkanes) is 13. The van der Waals surface area contributed by atoms with Gasteiger partial charge in [0.2, 0.25) is 29.5 Å². The van der Waals surface area contributed by atoms with E-state index in [0.29, 0.717) is 64.7 Å². The maximum absolute atomic E-state index is 13.3. The van der Waals surface area contributed by atoms with Crippen molar-refractivity contribution in [1.82, 2.24) is 26.6 Å². The van der Waals surface area contributed by atoms with Gasteiger partial charge in [0.1, 0.15) is 0 Å². The minimum absolute atomic E-state index is 0.0309. The van der Waals surface area contributed by atoms with Gasteiger partial charge in [0, 0.05) is 58.3 Å². The molecule has 0 radical (unpaired) electrons. The molecule has 322 valence electrons. The summed E-state index contributed by atoms with van der Waals surface area (Å²) < 4.78 is 12.1. The number of carbonyl (C=O) groups excluding carboxylic acids is 5. The monoisotopic (exact) mass is 782 g/mol. The van der Waals surface area contributed by atoms with E-state index in [1.54, 1.807) is 0 Å². The largest absolute Gasteiger partial charge is 0.378 e. The first-order chi connectivity index (χ1) is 26.7. The van der Waals surface area contributed by atoms with Crippen molar-refractivity contribution in [3.8, 4) is 0 Å². The van der Waals surface area contributed by atoms with E-state index in [9.17, 15) is 24.0 Å². The highest BCUT2D eigenvalue weighted by Gasteiger charge is 2.32. The molecular formula is C43H83N5O7. The summed E-state index contributed by atoms with van der Waals surface area (Å²) in [6.45, 7) is 11.3. The third kappa shape index (κ3) is 34.3. The van der Waals surface area contributed by atoms with Crippen molar-refractivity contribution in [1.29, 1.82) is 0 Å². The van der Waals surface area contributed by atoms with E-state index in [2.05, 4.69) is 54.3 Å². The van der Waals surface area contributed by atoms with E-state index < -0.39 is 5.54 Å². The summed E-state index contributed by atoms with van der Waals surface area (Å²) in [7, 11) is 0. The van der Waals surface area contributed by atoms with Crippen molar-refractivity contribution in [3.05, 3.63) is 0 Å².